The Morgan fingerprint density at radius 2 is 1.88 bits per heavy atom. The van der Waals surface area contributed by atoms with Crippen LogP contribution in [0.3, 0.4) is 0 Å². The molecule has 4 aliphatic rings. The van der Waals surface area contributed by atoms with Crippen LogP contribution in [0.25, 0.3) is 22.3 Å². The van der Waals surface area contributed by atoms with Crippen molar-refractivity contribution in [2.45, 2.75) is 25.2 Å². The summed E-state index contributed by atoms with van der Waals surface area (Å²) < 4.78 is 5.66. The number of fused-ring (bicyclic) bond motifs is 2. The molecule has 2 aliphatic carbocycles. The van der Waals surface area contributed by atoms with Gasteiger partial charge in [-0.05, 0) is 54.4 Å². The van der Waals surface area contributed by atoms with Gasteiger partial charge >= 0.3 is 0 Å². The molecule has 6 nitrogen and oxygen atoms in total. The number of H-pyrrole nitrogens is 1. The summed E-state index contributed by atoms with van der Waals surface area (Å²) in [5.74, 6) is 2.76. The van der Waals surface area contributed by atoms with Gasteiger partial charge in [0, 0.05) is 67.6 Å². The van der Waals surface area contributed by atoms with Crippen LogP contribution in [0.4, 0.5) is 5.69 Å². The molecule has 2 aromatic heterocycles. The number of ether oxygens (including phenoxy) is 1. The van der Waals surface area contributed by atoms with Gasteiger partial charge in [0.05, 0.1) is 6.61 Å². The number of nitrogens with one attached hydrogen (secondary N) is 1. The molecular weight excluding hydrogens is 412 g/mol. The lowest BCUT2D eigenvalue weighted by molar-refractivity contribution is -0.134. The van der Waals surface area contributed by atoms with E-state index in [-0.39, 0.29) is 0 Å². The van der Waals surface area contributed by atoms with E-state index in [0.29, 0.717) is 17.7 Å². The Morgan fingerprint density at radius 3 is 2.58 bits per heavy atom. The van der Waals surface area contributed by atoms with E-state index in [4.69, 9.17) is 4.74 Å². The average Bonchev–Trinajstić information content (AvgIpc) is 3.75. The normalized spacial score (nSPS) is 28.6. The maximum Gasteiger partial charge on any atom is 0.226 e. The smallest absolute Gasteiger partial charge is 0.226 e. The van der Waals surface area contributed by atoms with Gasteiger partial charge in [-0.2, -0.15) is 0 Å². The van der Waals surface area contributed by atoms with Crippen molar-refractivity contribution in [2.24, 2.45) is 17.8 Å². The molecular formula is C27H30N4O2. The average molecular weight is 443 g/mol. The first kappa shape index (κ1) is 19.6. The molecule has 33 heavy (non-hydrogen) atoms. The standard InChI is InChI=1S/C27H30N4O2/c32-27(25-20-14-21(20)25)31-11-9-30(10-12-31)24-7-8-28-26-22(24)15-23(29-26)18-5-3-17(4-6-18)19-2-1-13-33-16-19/h3-8,15,19-21,25H,1-2,9-14,16H2,(H,28,29). The number of aromatic amines is 1. The van der Waals surface area contributed by atoms with Gasteiger partial charge in [-0.1, -0.05) is 24.3 Å². The topological polar surface area (TPSA) is 61.5 Å². The van der Waals surface area contributed by atoms with Crippen molar-refractivity contribution >= 4 is 22.6 Å². The van der Waals surface area contributed by atoms with Crippen molar-refractivity contribution in [3.63, 3.8) is 0 Å². The molecule has 7 rings (SSSR count). The number of anilines is 1. The highest BCUT2D eigenvalue weighted by molar-refractivity contribution is 5.94. The first-order valence-electron chi connectivity index (χ1n) is 12.5. The third-order valence-corrected chi connectivity index (χ3v) is 8.25. The lowest BCUT2D eigenvalue weighted by Crippen LogP contribution is -2.49. The van der Waals surface area contributed by atoms with Crippen LogP contribution in [0, 0.1) is 17.8 Å². The summed E-state index contributed by atoms with van der Waals surface area (Å²) in [6.07, 6.45) is 5.53. The largest absolute Gasteiger partial charge is 0.381 e. The SMILES string of the molecule is O=C(C1C2CC21)N1CCN(c2ccnc3[nH]c(-c4ccc(C5CCCOC5)cc4)cc23)CC1. The van der Waals surface area contributed by atoms with E-state index < -0.39 is 0 Å². The fourth-order valence-corrected chi connectivity index (χ4v) is 5.91. The zero-order valence-corrected chi connectivity index (χ0v) is 18.9. The van der Waals surface area contributed by atoms with Crippen molar-refractivity contribution in [2.75, 3.05) is 44.3 Å². The quantitative estimate of drug-likeness (QED) is 0.663. The zero-order chi connectivity index (χ0) is 21.9. The molecule has 4 fully saturated rings. The minimum Gasteiger partial charge on any atom is -0.381 e. The summed E-state index contributed by atoms with van der Waals surface area (Å²) in [6, 6.07) is 13.2. The molecule has 3 atom stereocenters. The van der Waals surface area contributed by atoms with E-state index in [0.717, 1.165) is 74.4 Å². The second-order valence-electron chi connectivity index (χ2n) is 10.2. The summed E-state index contributed by atoms with van der Waals surface area (Å²) in [5.41, 5.74) is 5.77. The van der Waals surface area contributed by atoms with Crippen LogP contribution in [-0.4, -0.2) is 60.2 Å². The van der Waals surface area contributed by atoms with Crippen LogP contribution in [-0.2, 0) is 9.53 Å². The molecule has 0 spiro atoms. The van der Waals surface area contributed by atoms with Crippen molar-refractivity contribution in [1.29, 1.82) is 0 Å². The lowest BCUT2D eigenvalue weighted by atomic mass is 9.93. The van der Waals surface area contributed by atoms with E-state index in [9.17, 15) is 4.79 Å². The number of amides is 1. The van der Waals surface area contributed by atoms with Gasteiger partial charge in [0.25, 0.3) is 0 Å². The van der Waals surface area contributed by atoms with Crippen LogP contribution in [0.15, 0.2) is 42.6 Å². The van der Waals surface area contributed by atoms with Crippen LogP contribution >= 0.6 is 0 Å². The Labute approximate surface area is 193 Å². The number of carbonyl (C=O) groups excluding carboxylic acids is 1. The number of carbonyl (C=O) groups is 1. The maximum atomic E-state index is 12.6. The predicted octanol–water partition coefficient (Wildman–Crippen LogP) is 4.04. The molecule has 6 heteroatoms. The summed E-state index contributed by atoms with van der Waals surface area (Å²) in [5, 5.41) is 1.15. The summed E-state index contributed by atoms with van der Waals surface area (Å²) in [6.45, 7) is 5.13. The highest BCUT2D eigenvalue weighted by Gasteiger charge is 2.68. The lowest BCUT2D eigenvalue weighted by Gasteiger charge is -2.36. The van der Waals surface area contributed by atoms with Gasteiger partial charge in [-0.3, -0.25) is 4.79 Å². The first-order chi connectivity index (χ1) is 16.3. The van der Waals surface area contributed by atoms with Crippen molar-refractivity contribution < 1.29 is 9.53 Å². The van der Waals surface area contributed by atoms with Crippen molar-refractivity contribution in [3.8, 4) is 11.3 Å². The van der Waals surface area contributed by atoms with Gasteiger partial charge in [-0.15, -0.1) is 0 Å². The van der Waals surface area contributed by atoms with E-state index in [1.54, 1.807) is 0 Å². The summed E-state index contributed by atoms with van der Waals surface area (Å²) in [4.78, 5) is 25.2. The fraction of sp³-hybridized carbons (Fsp3) is 0.481. The Hall–Kier alpha value is -2.86. The minimum absolute atomic E-state index is 0.369. The van der Waals surface area contributed by atoms with Crippen LogP contribution in [0.5, 0.6) is 0 Å². The highest BCUT2D eigenvalue weighted by atomic mass is 16.5. The molecule has 4 heterocycles. The van der Waals surface area contributed by atoms with Crippen LogP contribution in [0.2, 0.25) is 0 Å². The maximum absolute atomic E-state index is 12.6. The van der Waals surface area contributed by atoms with Crippen molar-refractivity contribution in [3.05, 3.63) is 48.2 Å². The number of pyridine rings is 1. The third-order valence-electron chi connectivity index (χ3n) is 8.25. The van der Waals surface area contributed by atoms with Crippen molar-refractivity contribution in [1.82, 2.24) is 14.9 Å². The number of aromatic nitrogens is 2. The van der Waals surface area contributed by atoms with E-state index in [1.165, 1.54) is 29.7 Å². The van der Waals surface area contributed by atoms with Gasteiger partial charge in [0.2, 0.25) is 5.91 Å². The molecule has 1 N–H and O–H groups in total. The number of nitrogens with zero attached hydrogens (tertiary/aromatic N) is 3. The van der Waals surface area contributed by atoms with Gasteiger partial charge in [-0.25, -0.2) is 4.98 Å². The molecule has 3 aromatic rings. The van der Waals surface area contributed by atoms with Gasteiger partial charge in [0.15, 0.2) is 0 Å². The van der Waals surface area contributed by atoms with E-state index in [2.05, 4.69) is 56.2 Å². The number of hydrogen-bond donors (Lipinski definition) is 1. The number of hydrogen-bond acceptors (Lipinski definition) is 4. The molecule has 3 unspecified atom stereocenters. The minimum atomic E-state index is 0.369. The molecule has 2 saturated carbocycles. The van der Waals surface area contributed by atoms with E-state index in [1.807, 2.05) is 6.20 Å². The number of benzene rings is 1. The molecule has 1 amide bonds. The first-order valence-corrected chi connectivity index (χ1v) is 12.5. The fourth-order valence-electron chi connectivity index (χ4n) is 5.91. The molecule has 170 valence electrons. The number of piperazine rings is 1. The molecule has 2 saturated heterocycles. The monoisotopic (exact) mass is 442 g/mol. The molecule has 2 aliphatic heterocycles. The van der Waals surface area contributed by atoms with E-state index >= 15 is 0 Å². The highest BCUT2D eigenvalue weighted by Crippen LogP contribution is 2.68. The second kappa shape index (κ2) is 7.59. The Morgan fingerprint density at radius 1 is 1.06 bits per heavy atom. The Balaban J connectivity index is 1.09. The molecule has 0 bridgehead atoms. The molecule has 1 aromatic carbocycles. The Kier molecular flexibility index (Phi) is 4.51. The third kappa shape index (κ3) is 3.43. The Bertz CT molecular complexity index is 1180. The zero-order valence-electron chi connectivity index (χ0n) is 18.9. The van der Waals surface area contributed by atoms with Crippen LogP contribution < -0.4 is 4.90 Å². The summed E-state index contributed by atoms with van der Waals surface area (Å²) in [7, 11) is 0. The number of rotatable bonds is 4. The van der Waals surface area contributed by atoms with Crippen LogP contribution in [0.1, 0.15) is 30.7 Å². The van der Waals surface area contributed by atoms with Gasteiger partial charge in [0.1, 0.15) is 5.65 Å². The summed E-state index contributed by atoms with van der Waals surface area (Å²) >= 11 is 0. The second-order valence-corrected chi connectivity index (χ2v) is 10.2. The van der Waals surface area contributed by atoms with Gasteiger partial charge < -0.3 is 19.5 Å². The molecule has 0 radical (unpaired) electrons. The predicted molar refractivity (Wildman–Crippen MR) is 128 cm³/mol.